The monoisotopic (exact) mass is 889 g/mol. The number of hydrogen-bond acceptors (Lipinski definition) is 4. The maximum absolute atomic E-state index is 7.45. The zero-order valence-corrected chi connectivity index (χ0v) is 39.7. The van der Waals surface area contributed by atoms with Crippen LogP contribution in [-0.4, -0.2) is 18.0 Å². The molecule has 10 aromatic rings. The molecule has 0 amide bonds. The van der Waals surface area contributed by atoms with Crippen LogP contribution in [0.3, 0.4) is 0 Å². The molecule has 0 saturated heterocycles. The second-order valence-corrected chi connectivity index (χ2v) is 21.3. The van der Waals surface area contributed by atoms with Crippen LogP contribution in [-0.2, 0) is 10.8 Å². The van der Waals surface area contributed by atoms with E-state index in [1.54, 1.807) is 0 Å². The van der Waals surface area contributed by atoms with Gasteiger partial charge in [-0.05, 0) is 134 Å². The average molecular weight is 890 g/mol. The average Bonchev–Trinajstić information content (AvgIpc) is 3.69. The molecule has 0 spiro atoms. The lowest BCUT2D eigenvalue weighted by atomic mass is 9.31. The second kappa shape index (κ2) is 14.3. The fraction of sp³-hybridized carbons (Fsp3) is 0.129. The summed E-state index contributed by atoms with van der Waals surface area (Å²) in [7, 11) is 0. The van der Waals surface area contributed by atoms with E-state index in [4.69, 9.17) is 9.47 Å². The third-order valence-electron chi connectivity index (χ3n) is 15.2. The summed E-state index contributed by atoms with van der Waals surface area (Å²) in [4.78, 5) is 4.95. The van der Waals surface area contributed by atoms with Crippen LogP contribution in [0.15, 0.2) is 188 Å². The van der Waals surface area contributed by atoms with E-state index < -0.39 is 0 Å². The maximum Gasteiger partial charge on any atom is 0.256 e. The largest absolute Gasteiger partial charge is 0.458 e. The van der Waals surface area contributed by atoms with Gasteiger partial charge in [0.25, 0.3) is 13.4 Å². The first kappa shape index (κ1) is 40.2. The Hall–Kier alpha value is -7.89. The minimum absolute atomic E-state index is 0.0695. The van der Waals surface area contributed by atoms with Gasteiger partial charge >= 0.3 is 0 Å². The first-order chi connectivity index (χ1) is 33.5. The van der Waals surface area contributed by atoms with Crippen molar-refractivity contribution in [1.82, 2.24) is 4.57 Å². The van der Waals surface area contributed by atoms with Crippen molar-refractivity contribution in [3.8, 4) is 28.7 Å². The number of rotatable bonds is 3. The fourth-order valence-corrected chi connectivity index (χ4v) is 11.8. The van der Waals surface area contributed by atoms with Gasteiger partial charge in [-0.3, -0.25) is 0 Å². The van der Waals surface area contributed by atoms with Crippen LogP contribution in [0.1, 0.15) is 52.7 Å². The summed E-state index contributed by atoms with van der Waals surface area (Å²) in [6, 6.07) is 69.4. The van der Waals surface area contributed by atoms with Crippen LogP contribution in [0.25, 0.3) is 27.5 Å². The molecule has 330 valence electrons. The molecule has 4 aliphatic rings. The highest BCUT2D eigenvalue weighted by Crippen LogP contribution is 2.48. The number of fused-ring (bicyclic) bond motifs is 11. The molecule has 69 heavy (non-hydrogen) atoms. The first-order valence-corrected chi connectivity index (χ1v) is 24.3. The van der Waals surface area contributed by atoms with Crippen molar-refractivity contribution in [1.29, 1.82) is 0 Å². The van der Waals surface area contributed by atoms with Crippen molar-refractivity contribution >= 4 is 102 Å². The lowest BCUT2D eigenvalue weighted by Crippen LogP contribution is -2.63. The molecule has 4 aliphatic heterocycles. The van der Waals surface area contributed by atoms with Gasteiger partial charge in [0.1, 0.15) is 23.0 Å². The minimum atomic E-state index is -0.152. The third kappa shape index (κ3) is 5.86. The van der Waals surface area contributed by atoms with Crippen LogP contribution in [0.5, 0.6) is 23.0 Å². The number of aromatic nitrogens is 1. The SMILES string of the molecule is CC(C)(C)c1cc2c3c(c1)N(c1ccccc1)c1cc(-n4c5ccccc5c5ccccc54)ccc1B3c1cc3c(cc1O2)N(c1ccccc1)c1cc(C(C)(C)C)cc2c1B3c1ccccc1O2. The molecule has 0 bridgehead atoms. The van der Waals surface area contributed by atoms with E-state index in [1.165, 1.54) is 60.2 Å². The Bertz CT molecular complexity index is 3740. The predicted molar refractivity (Wildman–Crippen MR) is 290 cm³/mol. The molecule has 5 nitrogen and oxygen atoms in total. The third-order valence-corrected chi connectivity index (χ3v) is 15.2. The smallest absolute Gasteiger partial charge is 0.256 e. The molecule has 14 rings (SSSR count). The van der Waals surface area contributed by atoms with E-state index in [9.17, 15) is 0 Å². The molecule has 7 heteroatoms. The summed E-state index contributed by atoms with van der Waals surface area (Å²) < 4.78 is 16.8. The van der Waals surface area contributed by atoms with Gasteiger partial charge in [0, 0.05) is 56.7 Å². The summed E-state index contributed by atoms with van der Waals surface area (Å²) >= 11 is 0. The molecule has 0 aliphatic carbocycles. The fourth-order valence-electron chi connectivity index (χ4n) is 11.8. The van der Waals surface area contributed by atoms with Crippen molar-refractivity contribution in [2.75, 3.05) is 9.80 Å². The molecule has 0 saturated carbocycles. The Balaban J connectivity index is 1.07. The van der Waals surface area contributed by atoms with Gasteiger partial charge in [0.15, 0.2) is 0 Å². The topological polar surface area (TPSA) is 29.9 Å². The second-order valence-electron chi connectivity index (χ2n) is 21.3. The van der Waals surface area contributed by atoms with Gasteiger partial charge in [0.2, 0.25) is 0 Å². The van der Waals surface area contributed by atoms with Gasteiger partial charge in [-0.2, -0.15) is 0 Å². The number of ether oxygens (including phenoxy) is 2. The Kier molecular flexibility index (Phi) is 8.34. The normalized spacial score (nSPS) is 14.1. The van der Waals surface area contributed by atoms with E-state index in [0.717, 1.165) is 68.3 Å². The Labute approximate surface area is 404 Å². The zero-order valence-electron chi connectivity index (χ0n) is 39.7. The molecule has 0 unspecified atom stereocenters. The number of anilines is 6. The van der Waals surface area contributed by atoms with Crippen molar-refractivity contribution in [3.63, 3.8) is 0 Å². The highest BCUT2D eigenvalue weighted by molar-refractivity contribution is 7.02. The quantitative estimate of drug-likeness (QED) is 0.165. The van der Waals surface area contributed by atoms with Gasteiger partial charge in [-0.15, -0.1) is 0 Å². The van der Waals surface area contributed by atoms with Gasteiger partial charge in [0.05, 0.1) is 11.0 Å². The highest BCUT2D eigenvalue weighted by Gasteiger charge is 2.47. The number of hydrogen-bond donors (Lipinski definition) is 0. The molecule has 0 atom stereocenters. The van der Waals surface area contributed by atoms with Crippen molar-refractivity contribution < 1.29 is 9.47 Å². The zero-order chi connectivity index (χ0) is 46.5. The van der Waals surface area contributed by atoms with Crippen LogP contribution < -0.4 is 52.1 Å². The lowest BCUT2D eigenvalue weighted by molar-refractivity contribution is 0.482. The number of benzene rings is 9. The van der Waals surface area contributed by atoms with Crippen LogP contribution in [0, 0.1) is 0 Å². The molecule has 1 aromatic heterocycles. The van der Waals surface area contributed by atoms with E-state index in [-0.39, 0.29) is 24.3 Å². The van der Waals surface area contributed by atoms with Crippen LogP contribution >= 0.6 is 0 Å². The molecule has 0 N–H and O–H groups in total. The Morgan fingerprint density at radius 2 is 0.841 bits per heavy atom. The summed E-state index contributed by atoms with van der Waals surface area (Å²) in [5.74, 6) is 3.61. The van der Waals surface area contributed by atoms with Crippen molar-refractivity contribution in [2.45, 2.75) is 52.4 Å². The standard InChI is InChI=1S/C62H49B2N3O2/c1-61(2,3)38-32-54-60-57(33-38)68-55-28-18-15-25-46(55)64(60)47-36-48-56(37-52(47)66(54)41-21-11-8-12-22-41)69-58-34-39(62(4,5)6)31-53-59(58)63(48)45-30-29-42(35-51(45)65(53)40-19-9-7-10-20-40)67-49-26-16-13-23-43(49)44-24-14-17-27-50(44)67/h7-37H,1-6H3. The predicted octanol–water partition coefficient (Wildman–Crippen LogP) is 12.2. The van der Waals surface area contributed by atoms with E-state index in [0.29, 0.717) is 0 Å². The highest BCUT2D eigenvalue weighted by atomic mass is 16.5. The number of nitrogens with zero attached hydrogens (tertiary/aromatic N) is 3. The molecule has 9 aromatic carbocycles. The van der Waals surface area contributed by atoms with Gasteiger partial charge < -0.3 is 23.8 Å². The maximum atomic E-state index is 7.45. The van der Waals surface area contributed by atoms with E-state index in [1.807, 2.05) is 0 Å². The van der Waals surface area contributed by atoms with Crippen molar-refractivity contribution in [2.24, 2.45) is 0 Å². The summed E-state index contributed by atoms with van der Waals surface area (Å²) in [5.41, 5.74) is 19.7. The van der Waals surface area contributed by atoms with Crippen molar-refractivity contribution in [3.05, 3.63) is 199 Å². The molecule has 5 heterocycles. The first-order valence-electron chi connectivity index (χ1n) is 24.3. The van der Waals surface area contributed by atoms with E-state index >= 15 is 0 Å². The molecule has 0 radical (unpaired) electrons. The van der Waals surface area contributed by atoms with Gasteiger partial charge in [-0.1, -0.05) is 145 Å². The Morgan fingerprint density at radius 1 is 0.348 bits per heavy atom. The summed E-state index contributed by atoms with van der Waals surface area (Å²) in [6.07, 6.45) is 0. The van der Waals surface area contributed by atoms with E-state index in [2.05, 4.69) is 244 Å². The summed E-state index contributed by atoms with van der Waals surface area (Å²) in [6.45, 7) is 13.6. The summed E-state index contributed by atoms with van der Waals surface area (Å²) in [5, 5.41) is 2.49. The number of para-hydroxylation sites is 5. The molecule has 0 fully saturated rings. The minimum Gasteiger partial charge on any atom is -0.458 e. The molecular formula is C62H49B2N3O2. The van der Waals surface area contributed by atoms with Crippen LogP contribution in [0.2, 0.25) is 0 Å². The lowest BCUT2D eigenvalue weighted by Gasteiger charge is -2.44. The van der Waals surface area contributed by atoms with Crippen LogP contribution in [0.4, 0.5) is 34.1 Å². The van der Waals surface area contributed by atoms with Gasteiger partial charge in [-0.25, -0.2) is 0 Å². The molecular weight excluding hydrogens is 840 g/mol. The Morgan fingerprint density at radius 3 is 1.42 bits per heavy atom.